The Morgan fingerprint density at radius 2 is 1.50 bits per heavy atom. The quantitative estimate of drug-likeness (QED) is 0.645. The van der Waals surface area contributed by atoms with Crippen LogP contribution in [0.25, 0.3) is 0 Å². The second-order valence-corrected chi connectivity index (χ2v) is 6.21. The molecular formula is C17H19N3O4. The number of hydrogen-bond donors (Lipinski definition) is 2. The third kappa shape index (κ3) is 5.28. The minimum absolute atomic E-state index is 0.00626. The first-order chi connectivity index (χ1) is 11.2. The maximum atomic E-state index is 11.8. The second kappa shape index (κ2) is 6.99. The number of ether oxygens (including phenoxy) is 1. The lowest BCUT2D eigenvalue weighted by atomic mass is 10.1. The molecule has 0 aliphatic heterocycles. The van der Waals surface area contributed by atoms with Crippen molar-refractivity contribution in [2.75, 3.05) is 5.32 Å². The summed E-state index contributed by atoms with van der Waals surface area (Å²) in [6.45, 7) is 5.69. The molecule has 7 nitrogen and oxygen atoms in total. The summed E-state index contributed by atoms with van der Waals surface area (Å²) in [4.78, 5) is 21.9. The Labute approximate surface area is 139 Å². The summed E-state index contributed by atoms with van der Waals surface area (Å²) in [5, 5.41) is 16.1. The van der Waals surface area contributed by atoms with Gasteiger partial charge in [-0.3, -0.25) is 10.1 Å². The number of nitro benzene ring substituents is 1. The van der Waals surface area contributed by atoms with Gasteiger partial charge in [-0.25, -0.2) is 4.79 Å². The van der Waals surface area contributed by atoms with Crippen LogP contribution in [0.1, 0.15) is 20.8 Å². The van der Waals surface area contributed by atoms with Gasteiger partial charge in [-0.15, -0.1) is 0 Å². The summed E-state index contributed by atoms with van der Waals surface area (Å²) in [6, 6.07) is 12.4. The molecule has 24 heavy (non-hydrogen) atoms. The van der Waals surface area contributed by atoms with Crippen LogP contribution in [0.3, 0.4) is 0 Å². The lowest BCUT2D eigenvalue weighted by molar-refractivity contribution is -0.384. The Balaban J connectivity index is 1.96. The van der Waals surface area contributed by atoms with Crippen LogP contribution in [-0.2, 0) is 0 Å². The molecule has 0 unspecified atom stereocenters. The van der Waals surface area contributed by atoms with Crippen molar-refractivity contribution in [1.82, 2.24) is 5.32 Å². The molecule has 0 heterocycles. The maximum Gasteiger partial charge on any atom is 0.319 e. The molecule has 2 aromatic rings. The van der Waals surface area contributed by atoms with Crippen molar-refractivity contribution in [2.24, 2.45) is 0 Å². The van der Waals surface area contributed by atoms with Crippen molar-refractivity contribution in [2.45, 2.75) is 26.3 Å². The van der Waals surface area contributed by atoms with E-state index in [9.17, 15) is 14.9 Å². The third-order valence-corrected chi connectivity index (χ3v) is 2.88. The van der Waals surface area contributed by atoms with Gasteiger partial charge in [0.05, 0.1) is 4.92 Å². The van der Waals surface area contributed by atoms with Crippen molar-refractivity contribution >= 4 is 17.4 Å². The smallest absolute Gasteiger partial charge is 0.319 e. The Morgan fingerprint density at radius 1 is 1.00 bits per heavy atom. The van der Waals surface area contributed by atoms with E-state index in [0.29, 0.717) is 17.2 Å². The van der Waals surface area contributed by atoms with Crippen LogP contribution < -0.4 is 15.4 Å². The molecule has 2 amide bonds. The molecule has 126 valence electrons. The normalized spacial score (nSPS) is 10.8. The van der Waals surface area contributed by atoms with Gasteiger partial charge in [-0.1, -0.05) is 0 Å². The van der Waals surface area contributed by atoms with Crippen molar-refractivity contribution in [3.8, 4) is 11.5 Å². The molecule has 0 aromatic heterocycles. The highest BCUT2D eigenvalue weighted by Gasteiger charge is 2.13. The van der Waals surface area contributed by atoms with Crippen molar-refractivity contribution in [3.63, 3.8) is 0 Å². The fraction of sp³-hybridized carbons (Fsp3) is 0.235. The largest absolute Gasteiger partial charge is 0.457 e. The lowest BCUT2D eigenvalue weighted by Crippen LogP contribution is -2.43. The van der Waals surface area contributed by atoms with Crippen LogP contribution in [0.5, 0.6) is 11.5 Å². The molecule has 0 radical (unpaired) electrons. The molecule has 0 aliphatic carbocycles. The van der Waals surface area contributed by atoms with E-state index in [-0.39, 0.29) is 17.3 Å². The Morgan fingerprint density at radius 3 is 1.96 bits per heavy atom. The van der Waals surface area contributed by atoms with Gasteiger partial charge < -0.3 is 15.4 Å². The van der Waals surface area contributed by atoms with E-state index in [1.807, 2.05) is 20.8 Å². The lowest BCUT2D eigenvalue weighted by Gasteiger charge is -2.20. The van der Waals surface area contributed by atoms with Crippen LogP contribution in [-0.4, -0.2) is 16.5 Å². The fourth-order valence-corrected chi connectivity index (χ4v) is 1.88. The zero-order valence-corrected chi connectivity index (χ0v) is 13.7. The molecule has 0 spiro atoms. The summed E-state index contributed by atoms with van der Waals surface area (Å²) < 4.78 is 5.60. The molecule has 0 saturated heterocycles. The fourth-order valence-electron chi connectivity index (χ4n) is 1.88. The molecule has 2 N–H and O–H groups in total. The number of carbonyl (C=O) groups is 1. The number of urea groups is 1. The van der Waals surface area contributed by atoms with Crippen LogP contribution in [0.2, 0.25) is 0 Å². The Hall–Kier alpha value is -3.09. The van der Waals surface area contributed by atoms with E-state index >= 15 is 0 Å². The van der Waals surface area contributed by atoms with Gasteiger partial charge in [-0.05, 0) is 57.2 Å². The average molecular weight is 329 g/mol. The van der Waals surface area contributed by atoms with E-state index in [1.165, 1.54) is 24.3 Å². The minimum atomic E-state index is -0.465. The molecule has 0 fully saturated rings. The molecule has 2 rings (SSSR count). The Bertz CT molecular complexity index is 719. The molecule has 0 atom stereocenters. The number of carbonyl (C=O) groups excluding carboxylic acids is 1. The zero-order valence-electron chi connectivity index (χ0n) is 13.7. The van der Waals surface area contributed by atoms with E-state index in [4.69, 9.17) is 4.74 Å². The number of benzene rings is 2. The first kappa shape index (κ1) is 17.3. The summed E-state index contributed by atoms with van der Waals surface area (Å²) in [6.07, 6.45) is 0. The van der Waals surface area contributed by atoms with Crippen LogP contribution in [0, 0.1) is 10.1 Å². The number of anilines is 1. The van der Waals surface area contributed by atoms with Crippen molar-refractivity contribution < 1.29 is 14.5 Å². The number of amides is 2. The first-order valence-electron chi connectivity index (χ1n) is 7.34. The zero-order chi connectivity index (χ0) is 17.7. The number of non-ortho nitro benzene ring substituents is 1. The van der Waals surface area contributed by atoms with Crippen LogP contribution >= 0.6 is 0 Å². The van der Waals surface area contributed by atoms with E-state index < -0.39 is 4.92 Å². The highest BCUT2D eigenvalue weighted by molar-refractivity contribution is 5.89. The predicted molar refractivity (Wildman–Crippen MR) is 91.5 cm³/mol. The van der Waals surface area contributed by atoms with E-state index in [0.717, 1.165) is 0 Å². The average Bonchev–Trinajstić information content (AvgIpc) is 2.48. The Kier molecular flexibility index (Phi) is 5.03. The molecule has 0 bridgehead atoms. The molecule has 0 saturated carbocycles. The van der Waals surface area contributed by atoms with Gasteiger partial charge >= 0.3 is 6.03 Å². The highest BCUT2D eigenvalue weighted by atomic mass is 16.6. The summed E-state index contributed by atoms with van der Waals surface area (Å²) >= 11 is 0. The van der Waals surface area contributed by atoms with E-state index in [2.05, 4.69) is 10.6 Å². The van der Waals surface area contributed by atoms with Gasteiger partial charge in [0.15, 0.2) is 0 Å². The SMILES string of the molecule is CC(C)(C)NC(=O)Nc1ccc(Oc2ccc([N+](=O)[O-])cc2)cc1. The maximum absolute atomic E-state index is 11.8. The molecule has 7 heteroatoms. The molecule has 2 aromatic carbocycles. The number of nitrogens with one attached hydrogen (secondary N) is 2. The second-order valence-electron chi connectivity index (χ2n) is 6.21. The van der Waals surface area contributed by atoms with Gasteiger partial charge in [-0.2, -0.15) is 0 Å². The number of hydrogen-bond acceptors (Lipinski definition) is 4. The number of rotatable bonds is 4. The highest BCUT2D eigenvalue weighted by Crippen LogP contribution is 2.25. The van der Waals surface area contributed by atoms with Crippen molar-refractivity contribution in [1.29, 1.82) is 0 Å². The monoisotopic (exact) mass is 329 g/mol. The van der Waals surface area contributed by atoms with Crippen LogP contribution in [0.15, 0.2) is 48.5 Å². The van der Waals surface area contributed by atoms with Crippen LogP contribution in [0.4, 0.5) is 16.2 Å². The summed E-state index contributed by atoms with van der Waals surface area (Å²) in [5.74, 6) is 1.05. The molecular weight excluding hydrogens is 310 g/mol. The van der Waals surface area contributed by atoms with Gasteiger partial charge in [0.2, 0.25) is 0 Å². The first-order valence-corrected chi connectivity index (χ1v) is 7.34. The molecule has 0 aliphatic rings. The van der Waals surface area contributed by atoms with E-state index in [1.54, 1.807) is 24.3 Å². The minimum Gasteiger partial charge on any atom is -0.457 e. The number of nitro groups is 1. The predicted octanol–water partition coefficient (Wildman–Crippen LogP) is 4.31. The van der Waals surface area contributed by atoms with Gasteiger partial charge in [0, 0.05) is 23.4 Å². The van der Waals surface area contributed by atoms with Gasteiger partial charge in [0.25, 0.3) is 5.69 Å². The van der Waals surface area contributed by atoms with Crippen molar-refractivity contribution in [3.05, 3.63) is 58.6 Å². The van der Waals surface area contributed by atoms with Gasteiger partial charge in [0.1, 0.15) is 11.5 Å². The standard InChI is InChI=1S/C17H19N3O4/c1-17(2,3)19-16(21)18-12-4-8-14(9-5-12)24-15-10-6-13(7-11-15)20(22)23/h4-11H,1-3H3,(H2,18,19,21). The summed E-state index contributed by atoms with van der Waals surface area (Å²) in [5.41, 5.74) is 0.322. The number of nitrogens with zero attached hydrogens (tertiary/aromatic N) is 1. The summed E-state index contributed by atoms with van der Waals surface area (Å²) in [7, 11) is 0. The topological polar surface area (TPSA) is 93.5 Å². The third-order valence-electron chi connectivity index (χ3n) is 2.88.